The van der Waals surface area contributed by atoms with Gasteiger partial charge in [-0.15, -0.1) is 11.3 Å². The number of hydrogen-bond donors (Lipinski definition) is 1. The van der Waals surface area contributed by atoms with Crippen molar-refractivity contribution in [2.45, 2.75) is 25.9 Å². The summed E-state index contributed by atoms with van der Waals surface area (Å²) in [6.07, 6.45) is -2.59. The number of nitrogens with one attached hydrogen (secondary N) is 1. The standard InChI is InChI=1S/C14H13F3N2O2S.C2H7N/c1-8-11(18-21-12(8)14(15,16)17)9-4-5-10(22-9)13(20)19-6-2-3-7-19;1-3-2/h4-5H,2-3,6-7H2,1H3;3H,1-2H3. The van der Waals surface area contributed by atoms with Crippen LogP contribution >= 0.6 is 11.3 Å². The number of carbonyl (C=O) groups excluding carboxylic acids is 1. The van der Waals surface area contributed by atoms with E-state index in [0.717, 1.165) is 37.3 Å². The van der Waals surface area contributed by atoms with Gasteiger partial charge in [-0.1, -0.05) is 5.16 Å². The molecule has 0 unspecified atom stereocenters. The van der Waals surface area contributed by atoms with Crippen LogP contribution in [-0.4, -0.2) is 43.1 Å². The molecule has 3 rings (SSSR count). The van der Waals surface area contributed by atoms with Crippen molar-refractivity contribution in [1.82, 2.24) is 15.4 Å². The molecule has 0 atom stereocenters. The number of aromatic nitrogens is 1. The van der Waals surface area contributed by atoms with Gasteiger partial charge in [-0.25, -0.2) is 0 Å². The van der Waals surface area contributed by atoms with E-state index >= 15 is 0 Å². The second-order valence-corrected chi connectivity index (χ2v) is 6.73. The first-order chi connectivity index (χ1) is 11.8. The highest BCUT2D eigenvalue weighted by molar-refractivity contribution is 7.17. The molecule has 0 spiro atoms. The van der Waals surface area contributed by atoms with Gasteiger partial charge in [-0.05, 0) is 46.0 Å². The molecular formula is C16H20F3N3O2S. The second kappa shape index (κ2) is 8.01. The van der Waals surface area contributed by atoms with Crippen molar-refractivity contribution >= 4 is 17.2 Å². The van der Waals surface area contributed by atoms with Crippen LogP contribution in [0, 0.1) is 6.92 Å². The van der Waals surface area contributed by atoms with Crippen molar-refractivity contribution in [3.8, 4) is 10.6 Å². The topological polar surface area (TPSA) is 58.4 Å². The van der Waals surface area contributed by atoms with Crippen molar-refractivity contribution in [1.29, 1.82) is 0 Å². The Bertz CT molecular complexity index is 719. The zero-order chi connectivity index (χ0) is 18.6. The van der Waals surface area contributed by atoms with Crippen LogP contribution in [0.2, 0.25) is 0 Å². The molecule has 3 heterocycles. The molecule has 25 heavy (non-hydrogen) atoms. The number of hydrogen-bond acceptors (Lipinski definition) is 5. The number of rotatable bonds is 2. The van der Waals surface area contributed by atoms with E-state index in [-0.39, 0.29) is 17.2 Å². The van der Waals surface area contributed by atoms with Gasteiger partial charge < -0.3 is 14.7 Å². The summed E-state index contributed by atoms with van der Waals surface area (Å²) in [5, 5.41) is 6.26. The number of alkyl halides is 3. The first-order valence-corrected chi connectivity index (χ1v) is 8.62. The molecule has 0 radical (unpaired) electrons. The maximum atomic E-state index is 12.7. The molecule has 138 valence electrons. The monoisotopic (exact) mass is 375 g/mol. The lowest BCUT2D eigenvalue weighted by molar-refractivity contribution is -0.156. The van der Waals surface area contributed by atoms with Crippen molar-refractivity contribution in [2.24, 2.45) is 0 Å². The van der Waals surface area contributed by atoms with E-state index in [4.69, 9.17) is 0 Å². The molecule has 1 N–H and O–H groups in total. The Labute approximate surface area is 147 Å². The van der Waals surface area contributed by atoms with E-state index in [1.165, 1.54) is 6.92 Å². The fourth-order valence-corrected chi connectivity index (χ4v) is 3.50. The van der Waals surface area contributed by atoms with Crippen LogP contribution in [0.5, 0.6) is 0 Å². The van der Waals surface area contributed by atoms with Gasteiger partial charge in [0.1, 0.15) is 5.69 Å². The average molecular weight is 375 g/mol. The van der Waals surface area contributed by atoms with Crippen molar-refractivity contribution < 1.29 is 22.5 Å². The predicted molar refractivity (Wildman–Crippen MR) is 89.7 cm³/mol. The van der Waals surface area contributed by atoms with E-state index in [0.29, 0.717) is 9.75 Å². The SMILES string of the molecule is CNC.Cc1c(-c2ccc(C(=O)N3CCCC3)s2)noc1C(F)(F)F. The lowest BCUT2D eigenvalue weighted by Crippen LogP contribution is -2.26. The fraction of sp³-hybridized carbons (Fsp3) is 0.500. The number of halogens is 3. The molecular weight excluding hydrogens is 355 g/mol. The number of carbonyl (C=O) groups is 1. The van der Waals surface area contributed by atoms with E-state index in [1.807, 2.05) is 14.1 Å². The van der Waals surface area contributed by atoms with Crippen LogP contribution in [-0.2, 0) is 6.18 Å². The normalized spacial score (nSPS) is 14.4. The Morgan fingerprint density at radius 2 is 1.88 bits per heavy atom. The zero-order valence-electron chi connectivity index (χ0n) is 14.2. The average Bonchev–Trinajstić information content (AvgIpc) is 3.27. The van der Waals surface area contributed by atoms with Gasteiger partial charge in [0.05, 0.1) is 9.75 Å². The highest BCUT2D eigenvalue weighted by Crippen LogP contribution is 2.38. The Morgan fingerprint density at radius 1 is 1.28 bits per heavy atom. The molecule has 1 fully saturated rings. The molecule has 1 aliphatic heterocycles. The molecule has 9 heteroatoms. The van der Waals surface area contributed by atoms with Gasteiger partial charge in [-0.3, -0.25) is 4.79 Å². The van der Waals surface area contributed by atoms with Gasteiger partial charge in [0.15, 0.2) is 0 Å². The van der Waals surface area contributed by atoms with Gasteiger partial charge in [0.2, 0.25) is 5.76 Å². The highest BCUT2D eigenvalue weighted by atomic mass is 32.1. The van der Waals surface area contributed by atoms with Crippen LogP contribution in [0.15, 0.2) is 16.7 Å². The molecule has 1 aliphatic rings. The molecule has 0 bridgehead atoms. The van der Waals surface area contributed by atoms with Crippen LogP contribution in [0.25, 0.3) is 10.6 Å². The van der Waals surface area contributed by atoms with E-state index in [2.05, 4.69) is 15.0 Å². The Hall–Kier alpha value is -1.87. The van der Waals surface area contributed by atoms with Crippen molar-refractivity contribution in [2.75, 3.05) is 27.2 Å². The smallest absolute Gasteiger partial charge is 0.351 e. The van der Waals surface area contributed by atoms with Gasteiger partial charge >= 0.3 is 6.18 Å². The molecule has 0 aromatic carbocycles. The largest absolute Gasteiger partial charge is 0.452 e. The first-order valence-electron chi connectivity index (χ1n) is 7.81. The van der Waals surface area contributed by atoms with Crippen molar-refractivity contribution in [3.63, 3.8) is 0 Å². The van der Waals surface area contributed by atoms with E-state index < -0.39 is 11.9 Å². The number of likely N-dealkylation sites (tertiary alicyclic amines) is 1. The Morgan fingerprint density at radius 3 is 2.40 bits per heavy atom. The summed E-state index contributed by atoms with van der Waals surface area (Å²) in [6.45, 7) is 2.77. The third-order valence-electron chi connectivity index (χ3n) is 3.62. The third kappa shape index (κ3) is 4.40. The van der Waals surface area contributed by atoms with Gasteiger partial charge in [-0.2, -0.15) is 13.2 Å². The quantitative estimate of drug-likeness (QED) is 0.867. The summed E-state index contributed by atoms with van der Waals surface area (Å²) in [5.41, 5.74) is 0.0762. The van der Waals surface area contributed by atoms with E-state index in [9.17, 15) is 18.0 Å². The maximum Gasteiger partial charge on any atom is 0.452 e. The van der Waals surface area contributed by atoms with Crippen LogP contribution < -0.4 is 5.32 Å². The number of thiophene rings is 1. The van der Waals surface area contributed by atoms with Crippen LogP contribution in [0.4, 0.5) is 13.2 Å². The summed E-state index contributed by atoms with van der Waals surface area (Å²) >= 11 is 1.14. The fourth-order valence-electron chi connectivity index (χ4n) is 2.49. The minimum absolute atomic E-state index is 0.0606. The van der Waals surface area contributed by atoms with Crippen LogP contribution in [0.1, 0.15) is 33.8 Å². The summed E-state index contributed by atoms with van der Waals surface area (Å²) in [4.78, 5) is 15.0. The van der Waals surface area contributed by atoms with Crippen LogP contribution in [0.3, 0.4) is 0 Å². The Kier molecular flexibility index (Phi) is 6.23. The summed E-state index contributed by atoms with van der Waals surface area (Å²) in [6, 6.07) is 3.24. The molecule has 0 saturated carbocycles. The first kappa shape index (κ1) is 19.5. The van der Waals surface area contributed by atoms with Gasteiger partial charge in [0, 0.05) is 18.7 Å². The molecule has 2 aromatic heterocycles. The summed E-state index contributed by atoms with van der Waals surface area (Å²) < 4.78 is 42.6. The second-order valence-electron chi connectivity index (χ2n) is 5.65. The molecule has 2 aromatic rings. The lowest BCUT2D eigenvalue weighted by atomic mass is 10.2. The third-order valence-corrected chi connectivity index (χ3v) is 4.70. The van der Waals surface area contributed by atoms with E-state index in [1.54, 1.807) is 17.0 Å². The molecule has 0 aliphatic carbocycles. The van der Waals surface area contributed by atoms with Crippen molar-refractivity contribution in [3.05, 3.63) is 28.3 Å². The number of amides is 1. The van der Waals surface area contributed by atoms with Gasteiger partial charge in [0.25, 0.3) is 5.91 Å². The minimum atomic E-state index is -4.57. The lowest BCUT2D eigenvalue weighted by Gasteiger charge is -2.13. The maximum absolute atomic E-state index is 12.7. The highest BCUT2D eigenvalue weighted by Gasteiger charge is 2.39. The zero-order valence-corrected chi connectivity index (χ0v) is 15.1. The Balaban J connectivity index is 0.000000701. The molecule has 5 nitrogen and oxygen atoms in total. The summed E-state index contributed by atoms with van der Waals surface area (Å²) in [5.74, 6) is -1.17. The summed E-state index contributed by atoms with van der Waals surface area (Å²) in [7, 11) is 3.75. The number of nitrogens with zero attached hydrogens (tertiary/aromatic N) is 2. The minimum Gasteiger partial charge on any atom is -0.351 e. The molecule has 1 amide bonds. The molecule has 1 saturated heterocycles. The predicted octanol–water partition coefficient (Wildman–Crippen LogP) is 3.80.